The van der Waals surface area contributed by atoms with Crippen molar-refractivity contribution in [3.8, 4) is 5.75 Å². The van der Waals surface area contributed by atoms with E-state index in [9.17, 15) is 0 Å². The van der Waals surface area contributed by atoms with E-state index >= 15 is 0 Å². The Bertz CT molecular complexity index is 376. The Morgan fingerprint density at radius 1 is 1.50 bits per heavy atom. The maximum Gasteiger partial charge on any atom is 0.130 e. The van der Waals surface area contributed by atoms with Crippen molar-refractivity contribution in [3.05, 3.63) is 29.3 Å². The van der Waals surface area contributed by atoms with Gasteiger partial charge in [0.25, 0.3) is 0 Å². The number of rotatable bonds is 5. The number of aryl methyl sites for hydroxylation is 1. The SMILES string of the molecule is CCCC(C)Oc1cc(C)ccc1C(N)=S. The Balaban J connectivity index is 2.92. The minimum absolute atomic E-state index is 0.194. The maximum atomic E-state index is 5.86. The average molecular weight is 237 g/mol. The van der Waals surface area contributed by atoms with Gasteiger partial charge in [0, 0.05) is 0 Å². The molecule has 0 aliphatic carbocycles. The van der Waals surface area contributed by atoms with Crippen molar-refractivity contribution in [2.45, 2.75) is 39.7 Å². The van der Waals surface area contributed by atoms with E-state index in [4.69, 9.17) is 22.7 Å². The number of benzene rings is 1. The van der Waals surface area contributed by atoms with Crippen molar-refractivity contribution in [2.75, 3.05) is 0 Å². The standard InChI is InChI=1S/C13H19NOS/c1-4-5-10(3)15-12-8-9(2)6-7-11(12)13(14)16/h6-8,10H,4-5H2,1-3H3,(H2,14,16). The highest BCUT2D eigenvalue weighted by atomic mass is 32.1. The van der Waals surface area contributed by atoms with E-state index in [-0.39, 0.29) is 6.10 Å². The fourth-order valence-electron chi connectivity index (χ4n) is 1.61. The third kappa shape index (κ3) is 3.49. The molecule has 1 aromatic carbocycles. The minimum Gasteiger partial charge on any atom is -0.490 e. The summed E-state index contributed by atoms with van der Waals surface area (Å²) in [7, 11) is 0. The van der Waals surface area contributed by atoms with E-state index in [1.54, 1.807) is 0 Å². The van der Waals surface area contributed by atoms with Crippen molar-refractivity contribution in [3.63, 3.8) is 0 Å². The van der Waals surface area contributed by atoms with Gasteiger partial charge in [-0.05, 0) is 38.0 Å². The summed E-state index contributed by atoms with van der Waals surface area (Å²) in [6.45, 7) is 6.24. The lowest BCUT2D eigenvalue weighted by Gasteiger charge is -2.17. The molecule has 1 rings (SSSR count). The molecular formula is C13H19NOS. The largest absolute Gasteiger partial charge is 0.490 e. The zero-order valence-electron chi connectivity index (χ0n) is 10.1. The molecule has 1 unspecified atom stereocenters. The predicted molar refractivity (Wildman–Crippen MR) is 72.1 cm³/mol. The fraction of sp³-hybridized carbons (Fsp3) is 0.462. The van der Waals surface area contributed by atoms with Gasteiger partial charge >= 0.3 is 0 Å². The fourth-order valence-corrected chi connectivity index (χ4v) is 1.78. The number of ether oxygens (including phenoxy) is 1. The second-order valence-corrected chi connectivity index (χ2v) is 4.52. The van der Waals surface area contributed by atoms with Gasteiger partial charge in [-0.15, -0.1) is 0 Å². The van der Waals surface area contributed by atoms with E-state index in [1.165, 1.54) is 0 Å². The van der Waals surface area contributed by atoms with Crippen LogP contribution in [0.15, 0.2) is 18.2 Å². The summed E-state index contributed by atoms with van der Waals surface area (Å²) in [6, 6.07) is 5.90. The number of hydrogen-bond donors (Lipinski definition) is 1. The van der Waals surface area contributed by atoms with Gasteiger partial charge in [0.1, 0.15) is 10.7 Å². The lowest BCUT2D eigenvalue weighted by atomic mass is 10.1. The number of thiocarbonyl (C=S) groups is 1. The first kappa shape index (κ1) is 13.0. The molecule has 16 heavy (non-hydrogen) atoms. The van der Waals surface area contributed by atoms with Crippen LogP contribution in [0, 0.1) is 6.92 Å². The van der Waals surface area contributed by atoms with Gasteiger partial charge in [-0.2, -0.15) is 0 Å². The number of hydrogen-bond acceptors (Lipinski definition) is 2. The molecule has 2 N–H and O–H groups in total. The number of nitrogens with two attached hydrogens (primary N) is 1. The van der Waals surface area contributed by atoms with Crippen LogP contribution in [0.25, 0.3) is 0 Å². The molecule has 0 radical (unpaired) electrons. The molecular weight excluding hydrogens is 218 g/mol. The third-order valence-electron chi connectivity index (χ3n) is 2.43. The van der Waals surface area contributed by atoms with Crippen LogP contribution in [0.5, 0.6) is 5.75 Å². The van der Waals surface area contributed by atoms with Gasteiger partial charge < -0.3 is 10.5 Å². The molecule has 0 amide bonds. The van der Waals surface area contributed by atoms with Crippen LogP contribution >= 0.6 is 12.2 Å². The molecule has 88 valence electrons. The Morgan fingerprint density at radius 3 is 2.75 bits per heavy atom. The topological polar surface area (TPSA) is 35.2 Å². The highest BCUT2D eigenvalue weighted by Gasteiger charge is 2.09. The van der Waals surface area contributed by atoms with E-state index < -0.39 is 0 Å². The van der Waals surface area contributed by atoms with Crippen LogP contribution in [-0.4, -0.2) is 11.1 Å². The molecule has 0 saturated heterocycles. The van der Waals surface area contributed by atoms with E-state index in [0.29, 0.717) is 4.99 Å². The van der Waals surface area contributed by atoms with Crippen molar-refractivity contribution in [1.29, 1.82) is 0 Å². The predicted octanol–water partition coefficient (Wildman–Crippen LogP) is 3.20. The molecule has 0 spiro atoms. The Labute approximate surface area is 103 Å². The molecule has 0 aromatic heterocycles. The summed E-state index contributed by atoms with van der Waals surface area (Å²) in [6.07, 6.45) is 2.33. The van der Waals surface area contributed by atoms with Crippen molar-refractivity contribution < 1.29 is 4.74 Å². The lowest BCUT2D eigenvalue weighted by Crippen LogP contribution is -2.16. The van der Waals surface area contributed by atoms with Gasteiger partial charge in [-0.25, -0.2) is 0 Å². The first-order valence-electron chi connectivity index (χ1n) is 5.61. The Hall–Kier alpha value is -1.09. The van der Waals surface area contributed by atoms with Crippen molar-refractivity contribution in [2.24, 2.45) is 5.73 Å². The van der Waals surface area contributed by atoms with Gasteiger partial charge in [-0.3, -0.25) is 0 Å². The average Bonchev–Trinajstić information content (AvgIpc) is 2.17. The van der Waals surface area contributed by atoms with Crippen LogP contribution in [0.3, 0.4) is 0 Å². The van der Waals surface area contributed by atoms with Crippen molar-refractivity contribution >= 4 is 17.2 Å². The summed E-state index contributed by atoms with van der Waals surface area (Å²) in [5.41, 5.74) is 7.64. The molecule has 2 nitrogen and oxygen atoms in total. The second-order valence-electron chi connectivity index (χ2n) is 4.08. The molecule has 0 aliphatic heterocycles. The molecule has 1 atom stereocenters. The molecule has 3 heteroatoms. The van der Waals surface area contributed by atoms with Crippen LogP contribution in [-0.2, 0) is 0 Å². The Kier molecular flexibility index (Phi) is 4.74. The van der Waals surface area contributed by atoms with Crippen LogP contribution in [0.2, 0.25) is 0 Å². The van der Waals surface area contributed by atoms with E-state index in [2.05, 4.69) is 13.8 Å². The lowest BCUT2D eigenvalue weighted by molar-refractivity contribution is 0.209. The Morgan fingerprint density at radius 2 is 2.19 bits per heavy atom. The van der Waals surface area contributed by atoms with Gasteiger partial charge in [0.2, 0.25) is 0 Å². The summed E-state index contributed by atoms with van der Waals surface area (Å²) >= 11 is 5.01. The van der Waals surface area contributed by atoms with Crippen molar-refractivity contribution in [1.82, 2.24) is 0 Å². The summed E-state index contributed by atoms with van der Waals surface area (Å²) in [5, 5.41) is 0. The van der Waals surface area contributed by atoms with Crippen LogP contribution < -0.4 is 10.5 Å². The molecule has 0 saturated carbocycles. The first-order valence-corrected chi connectivity index (χ1v) is 6.02. The summed E-state index contributed by atoms with van der Waals surface area (Å²) in [4.78, 5) is 0.388. The molecule has 0 heterocycles. The zero-order chi connectivity index (χ0) is 12.1. The van der Waals surface area contributed by atoms with Crippen LogP contribution in [0.4, 0.5) is 0 Å². The zero-order valence-corrected chi connectivity index (χ0v) is 10.9. The smallest absolute Gasteiger partial charge is 0.130 e. The van der Waals surface area contributed by atoms with Gasteiger partial charge in [0.15, 0.2) is 0 Å². The molecule has 1 aromatic rings. The second kappa shape index (κ2) is 5.85. The summed E-state index contributed by atoms with van der Waals surface area (Å²) in [5.74, 6) is 0.799. The minimum atomic E-state index is 0.194. The van der Waals surface area contributed by atoms with Gasteiger partial charge in [-0.1, -0.05) is 31.6 Å². The molecule has 0 aliphatic rings. The van der Waals surface area contributed by atoms with Gasteiger partial charge in [0.05, 0.1) is 11.7 Å². The highest BCUT2D eigenvalue weighted by Crippen LogP contribution is 2.22. The summed E-state index contributed by atoms with van der Waals surface area (Å²) < 4.78 is 5.86. The maximum absolute atomic E-state index is 5.86. The van der Waals surface area contributed by atoms with E-state index in [0.717, 1.165) is 29.7 Å². The molecule has 0 fully saturated rings. The molecule has 0 bridgehead atoms. The normalized spacial score (nSPS) is 12.2. The highest BCUT2D eigenvalue weighted by molar-refractivity contribution is 7.80. The monoisotopic (exact) mass is 237 g/mol. The first-order chi connectivity index (χ1) is 7.54. The van der Waals surface area contributed by atoms with Crippen LogP contribution in [0.1, 0.15) is 37.8 Å². The quantitative estimate of drug-likeness (QED) is 0.799. The van der Waals surface area contributed by atoms with E-state index in [1.807, 2.05) is 25.1 Å². The third-order valence-corrected chi connectivity index (χ3v) is 2.65.